The minimum atomic E-state index is -0.233. The molecule has 3 aliphatic rings. The molecule has 1 N–H and O–H groups in total. The summed E-state index contributed by atoms with van der Waals surface area (Å²) in [6.45, 7) is 7.94. The van der Waals surface area contributed by atoms with E-state index in [1.54, 1.807) is 0 Å². The van der Waals surface area contributed by atoms with Crippen LogP contribution < -0.4 is 5.32 Å². The van der Waals surface area contributed by atoms with Gasteiger partial charge in [0.2, 0.25) is 0 Å². The van der Waals surface area contributed by atoms with Crippen molar-refractivity contribution in [2.45, 2.75) is 59.3 Å². The van der Waals surface area contributed by atoms with Gasteiger partial charge >= 0.3 is 6.09 Å². The summed E-state index contributed by atoms with van der Waals surface area (Å²) in [5, 5.41) is 2.97. The van der Waals surface area contributed by atoms with E-state index in [-0.39, 0.29) is 7.52 Å². The van der Waals surface area contributed by atoms with Crippen molar-refractivity contribution in [3.8, 4) is 0 Å². The summed E-state index contributed by atoms with van der Waals surface area (Å²) in [5.41, 5.74) is 0.961. The van der Waals surface area contributed by atoms with Gasteiger partial charge in [-0.25, -0.2) is 4.79 Å². The fourth-order valence-electron chi connectivity index (χ4n) is 3.86. The predicted molar refractivity (Wildman–Crippen MR) is 74.5 cm³/mol. The molecule has 18 heavy (non-hydrogen) atoms. The minimum absolute atomic E-state index is 0. The molecule has 0 heterocycles. The highest BCUT2D eigenvalue weighted by atomic mass is 16.5. The highest BCUT2D eigenvalue weighted by Crippen LogP contribution is 2.62. The molecule has 0 aromatic carbocycles. The Labute approximate surface area is 112 Å². The van der Waals surface area contributed by atoms with Gasteiger partial charge in [-0.3, -0.25) is 0 Å². The fraction of sp³-hybridized carbons (Fsp3) is 0.933. The normalized spacial score (nSPS) is 35.5. The smallest absolute Gasteiger partial charge is 0.407 e. The standard InChI is InChI=1S/C15H27NO2.H2/c1-4-12(2)8-18-13(17)16-11-15-7-5-6-14(3,9-15)10-15;/h12H,4-11H2,1-3H3,(H,16,17);1H/t12-,14?,15?;/m0./s1. The number of fused-ring (bicyclic) bond motifs is 2. The minimum Gasteiger partial charge on any atom is -0.449 e. The molecule has 1 amide bonds. The Hall–Kier alpha value is -0.730. The molecule has 3 fully saturated rings. The Morgan fingerprint density at radius 1 is 1.44 bits per heavy atom. The number of alkyl carbamates (subject to hydrolysis) is 1. The van der Waals surface area contributed by atoms with Crippen LogP contribution in [0, 0.1) is 16.7 Å². The lowest BCUT2D eigenvalue weighted by molar-refractivity contribution is -0.0783. The zero-order chi connectivity index (χ0) is 13.2. The number of ether oxygens (including phenoxy) is 1. The first-order valence-electron chi connectivity index (χ1n) is 7.38. The molecule has 0 radical (unpaired) electrons. The van der Waals surface area contributed by atoms with Crippen molar-refractivity contribution in [3.63, 3.8) is 0 Å². The Morgan fingerprint density at radius 3 is 2.78 bits per heavy atom. The SMILES string of the molecule is CC[C@H](C)COC(=O)NCC12CCCC(C)(C1)C2.[HH]. The fourth-order valence-corrected chi connectivity index (χ4v) is 3.86. The second-order valence-electron chi connectivity index (χ2n) is 6.98. The molecule has 3 saturated carbocycles. The zero-order valence-electron chi connectivity index (χ0n) is 12.1. The summed E-state index contributed by atoms with van der Waals surface area (Å²) in [6.07, 6.45) is 7.35. The molecule has 0 aliphatic heterocycles. The lowest BCUT2D eigenvalue weighted by atomic mass is 9.46. The third kappa shape index (κ3) is 2.99. The molecule has 3 aliphatic carbocycles. The van der Waals surface area contributed by atoms with Crippen molar-refractivity contribution < 1.29 is 11.0 Å². The first-order valence-corrected chi connectivity index (χ1v) is 7.38. The van der Waals surface area contributed by atoms with Crippen LogP contribution in [0.25, 0.3) is 0 Å². The summed E-state index contributed by atoms with van der Waals surface area (Å²) in [7, 11) is 0. The monoisotopic (exact) mass is 255 g/mol. The molecule has 0 aromatic heterocycles. The molecule has 0 aromatic rings. The Bertz CT molecular complexity index is 313. The van der Waals surface area contributed by atoms with E-state index in [4.69, 9.17) is 4.74 Å². The Morgan fingerprint density at radius 2 is 2.17 bits per heavy atom. The number of rotatable bonds is 5. The molecule has 3 nitrogen and oxygen atoms in total. The number of carbonyl (C=O) groups is 1. The summed E-state index contributed by atoms with van der Waals surface area (Å²) in [4.78, 5) is 11.6. The molecule has 3 rings (SSSR count). The number of hydrogen-bond acceptors (Lipinski definition) is 2. The van der Waals surface area contributed by atoms with Gasteiger partial charge in [-0.05, 0) is 42.4 Å². The first-order chi connectivity index (χ1) is 8.47. The van der Waals surface area contributed by atoms with Gasteiger partial charge < -0.3 is 10.1 Å². The summed E-state index contributed by atoms with van der Waals surface area (Å²) < 4.78 is 5.22. The lowest BCUT2D eigenvalue weighted by Gasteiger charge is -2.59. The molecule has 106 valence electrons. The van der Waals surface area contributed by atoms with Crippen molar-refractivity contribution in [2.24, 2.45) is 16.7 Å². The van der Waals surface area contributed by atoms with Gasteiger partial charge in [0, 0.05) is 7.97 Å². The highest BCUT2D eigenvalue weighted by molar-refractivity contribution is 5.67. The van der Waals surface area contributed by atoms with E-state index in [1.165, 1.54) is 32.1 Å². The zero-order valence-corrected chi connectivity index (χ0v) is 12.1. The van der Waals surface area contributed by atoms with Crippen molar-refractivity contribution >= 4 is 6.09 Å². The maximum Gasteiger partial charge on any atom is 0.407 e. The molecule has 3 heteroatoms. The molecular formula is C15H29NO2. The quantitative estimate of drug-likeness (QED) is 0.807. The van der Waals surface area contributed by atoms with Crippen LogP contribution in [-0.2, 0) is 4.74 Å². The average Bonchev–Trinajstić information content (AvgIpc) is 2.32. The topological polar surface area (TPSA) is 38.3 Å². The summed E-state index contributed by atoms with van der Waals surface area (Å²) in [5.74, 6) is 0.454. The highest BCUT2D eigenvalue weighted by Gasteiger charge is 2.54. The van der Waals surface area contributed by atoms with Crippen molar-refractivity contribution in [1.29, 1.82) is 0 Å². The number of amides is 1. The maximum absolute atomic E-state index is 11.6. The van der Waals surface area contributed by atoms with E-state index in [0.29, 0.717) is 23.4 Å². The van der Waals surface area contributed by atoms with E-state index in [2.05, 4.69) is 26.1 Å². The largest absolute Gasteiger partial charge is 0.449 e. The van der Waals surface area contributed by atoms with Crippen LogP contribution >= 0.6 is 0 Å². The van der Waals surface area contributed by atoms with Crippen LogP contribution in [0.15, 0.2) is 0 Å². The van der Waals surface area contributed by atoms with Crippen LogP contribution in [0.3, 0.4) is 0 Å². The van der Waals surface area contributed by atoms with E-state index in [1.807, 2.05) is 0 Å². The van der Waals surface area contributed by atoms with Gasteiger partial charge in [0.25, 0.3) is 0 Å². The van der Waals surface area contributed by atoms with E-state index < -0.39 is 0 Å². The van der Waals surface area contributed by atoms with E-state index in [9.17, 15) is 4.79 Å². The molecule has 0 spiro atoms. The van der Waals surface area contributed by atoms with Crippen molar-refractivity contribution in [1.82, 2.24) is 5.32 Å². The van der Waals surface area contributed by atoms with Crippen LogP contribution in [0.2, 0.25) is 0 Å². The van der Waals surface area contributed by atoms with Crippen LogP contribution in [0.5, 0.6) is 0 Å². The molecule has 0 unspecified atom stereocenters. The Kier molecular flexibility index (Phi) is 3.88. The van der Waals surface area contributed by atoms with Gasteiger partial charge in [-0.1, -0.05) is 33.6 Å². The number of carbonyl (C=O) groups excluding carboxylic acids is 1. The second-order valence-corrected chi connectivity index (χ2v) is 6.98. The van der Waals surface area contributed by atoms with Crippen molar-refractivity contribution in [2.75, 3.05) is 13.2 Å². The van der Waals surface area contributed by atoms with E-state index in [0.717, 1.165) is 13.0 Å². The van der Waals surface area contributed by atoms with Gasteiger partial charge in [0.05, 0.1) is 6.61 Å². The lowest BCUT2D eigenvalue weighted by Crippen LogP contribution is -2.54. The molecule has 0 saturated heterocycles. The average molecular weight is 255 g/mol. The van der Waals surface area contributed by atoms with Crippen LogP contribution in [0.4, 0.5) is 4.79 Å². The third-order valence-corrected chi connectivity index (χ3v) is 4.89. The van der Waals surface area contributed by atoms with Crippen LogP contribution in [0.1, 0.15) is 60.7 Å². The number of hydrogen-bond donors (Lipinski definition) is 1. The first kappa shape index (κ1) is 13.7. The molecule has 1 atom stereocenters. The summed E-state index contributed by atoms with van der Waals surface area (Å²) in [6, 6.07) is 0. The molecule has 2 bridgehead atoms. The van der Waals surface area contributed by atoms with Crippen molar-refractivity contribution in [3.05, 3.63) is 0 Å². The Balaban J connectivity index is 0.00000180. The molecular weight excluding hydrogens is 226 g/mol. The van der Waals surface area contributed by atoms with Gasteiger partial charge in [-0.15, -0.1) is 0 Å². The number of nitrogens with one attached hydrogen (secondary N) is 1. The predicted octanol–water partition coefficient (Wildman–Crippen LogP) is 3.98. The second kappa shape index (κ2) is 5.10. The maximum atomic E-state index is 11.6. The van der Waals surface area contributed by atoms with Gasteiger partial charge in [0.1, 0.15) is 0 Å². The van der Waals surface area contributed by atoms with Crippen LogP contribution in [-0.4, -0.2) is 19.2 Å². The third-order valence-electron chi connectivity index (χ3n) is 4.89. The van der Waals surface area contributed by atoms with E-state index >= 15 is 0 Å². The van der Waals surface area contributed by atoms with Gasteiger partial charge in [0.15, 0.2) is 0 Å². The summed E-state index contributed by atoms with van der Waals surface area (Å²) >= 11 is 0. The van der Waals surface area contributed by atoms with Gasteiger partial charge in [-0.2, -0.15) is 0 Å².